The second-order valence-electron chi connectivity index (χ2n) is 6.19. The number of aliphatic hydroxyl groups excluding tert-OH is 1. The monoisotopic (exact) mass is 409 g/mol. The molecular formula is C19H17F2NO3S2. The van der Waals surface area contributed by atoms with E-state index in [1.54, 1.807) is 23.9 Å². The molecule has 1 atom stereocenters. The highest BCUT2D eigenvalue weighted by Gasteiger charge is 2.42. The zero-order valence-electron chi connectivity index (χ0n) is 14.2. The predicted octanol–water partition coefficient (Wildman–Crippen LogP) is 4.04. The number of nitrogens with one attached hydrogen (secondary N) is 1. The second kappa shape index (κ2) is 8.33. The normalized spacial score (nSPS) is 19.1. The molecule has 0 aromatic heterocycles. The van der Waals surface area contributed by atoms with E-state index in [1.807, 2.05) is 12.1 Å². The van der Waals surface area contributed by atoms with E-state index >= 15 is 0 Å². The molecule has 1 heterocycles. The van der Waals surface area contributed by atoms with Gasteiger partial charge in [0.05, 0.1) is 17.7 Å². The number of carbonyl (C=O) groups is 1. The van der Waals surface area contributed by atoms with Crippen molar-refractivity contribution in [3.8, 4) is 0 Å². The first-order valence-electron chi connectivity index (χ1n) is 8.21. The minimum Gasteiger partial charge on any atom is -0.470 e. The minimum absolute atomic E-state index is 0.0347. The molecule has 2 aromatic rings. The number of hydrogen-bond donors (Lipinski definition) is 2. The van der Waals surface area contributed by atoms with Crippen molar-refractivity contribution in [2.24, 2.45) is 5.41 Å². The highest BCUT2D eigenvalue weighted by molar-refractivity contribution is 7.99. The summed E-state index contributed by atoms with van der Waals surface area (Å²) in [6.45, 7) is -0.542. The molecule has 8 heteroatoms. The van der Waals surface area contributed by atoms with Crippen molar-refractivity contribution in [2.75, 3.05) is 24.3 Å². The first-order valence-corrected chi connectivity index (χ1v) is 9.61. The maximum Gasteiger partial charge on any atom is 0.261 e. The summed E-state index contributed by atoms with van der Waals surface area (Å²) in [5.74, 6) is -1.08. The van der Waals surface area contributed by atoms with Gasteiger partial charge in [-0.15, -0.1) is 11.8 Å². The average Bonchev–Trinajstić information content (AvgIpc) is 2.80. The standard InChI is InChI=1S/C19H17F2NO3S2/c20-12-5-6-15(14(21)9-12)22-18(26)25-11-19(10-23)7-8-27-16-4-2-1-3-13(16)17(19)24/h1-6,9,23H,7-8,10-11H2,(H,22,26). The molecular weight excluding hydrogens is 392 g/mol. The number of aliphatic hydroxyl groups is 1. The van der Waals surface area contributed by atoms with Crippen LogP contribution >= 0.6 is 24.0 Å². The molecule has 1 aliphatic rings. The van der Waals surface area contributed by atoms with E-state index in [1.165, 1.54) is 6.07 Å². The Morgan fingerprint density at radius 3 is 2.81 bits per heavy atom. The van der Waals surface area contributed by atoms with Gasteiger partial charge in [-0.05, 0) is 42.6 Å². The van der Waals surface area contributed by atoms with E-state index in [9.17, 15) is 18.7 Å². The number of hydrogen-bond acceptors (Lipinski definition) is 5. The Morgan fingerprint density at radius 1 is 1.30 bits per heavy atom. The fraction of sp³-hybridized carbons (Fsp3) is 0.263. The van der Waals surface area contributed by atoms with Crippen molar-refractivity contribution in [1.29, 1.82) is 0 Å². The number of Topliss-reactive ketones (excluding diaryl/α,β-unsaturated/α-hetero) is 1. The Balaban J connectivity index is 1.72. The number of ether oxygens (including phenoxy) is 1. The first kappa shape index (κ1) is 19.7. The number of thioether (sulfide) groups is 1. The molecule has 2 aromatic carbocycles. The quantitative estimate of drug-likeness (QED) is 0.744. The van der Waals surface area contributed by atoms with Gasteiger partial charge >= 0.3 is 0 Å². The molecule has 27 heavy (non-hydrogen) atoms. The topological polar surface area (TPSA) is 58.6 Å². The summed E-state index contributed by atoms with van der Waals surface area (Å²) in [6.07, 6.45) is 0.412. The van der Waals surface area contributed by atoms with Gasteiger partial charge in [0.15, 0.2) is 5.78 Å². The number of halogens is 2. The van der Waals surface area contributed by atoms with Crippen molar-refractivity contribution in [3.05, 3.63) is 59.7 Å². The van der Waals surface area contributed by atoms with Gasteiger partial charge < -0.3 is 15.2 Å². The third kappa shape index (κ3) is 4.28. The number of carbonyl (C=O) groups excluding carboxylic acids is 1. The molecule has 0 aliphatic carbocycles. The lowest BCUT2D eigenvalue weighted by Gasteiger charge is -2.29. The molecule has 0 saturated heterocycles. The zero-order valence-corrected chi connectivity index (χ0v) is 15.8. The van der Waals surface area contributed by atoms with Crippen LogP contribution in [0, 0.1) is 17.0 Å². The molecule has 1 unspecified atom stereocenters. The number of ketones is 1. The Kier molecular flexibility index (Phi) is 6.08. The van der Waals surface area contributed by atoms with Crippen LogP contribution in [0.3, 0.4) is 0 Å². The van der Waals surface area contributed by atoms with Gasteiger partial charge in [-0.3, -0.25) is 4.79 Å². The average molecular weight is 409 g/mol. The third-order valence-electron chi connectivity index (χ3n) is 4.40. The van der Waals surface area contributed by atoms with Crippen LogP contribution in [0.15, 0.2) is 47.4 Å². The molecule has 1 aliphatic heterocycles. The van der Waals surface area contributed by atoms with Gasteiger partial charge in [0.2, 0.25) is 0 Å². The summed E-state index contributed by atoms with van der Waals surface area (Å²) >= 11 is 6.60. The van der Waals surface area contributed by atoms with Crippen molar-refractivity contribution in [3.63, 3.8) is 0 Å². The number of rotatable bonds is 4. The molecule has 3 rings (SSSR count). The number of thiocarbonyl (C=S) groups is 1. The zero-order chi connectivity index (χ0) is 19.4. The van der Waals surface area contributed by atoms with Crippen LogP contribution in [-0.4, -0.2) is 35.0 Å². The summed E-state index contributed by atoms with van der Waals surface area (Å²) in [5, 5.41) is 12.3. The van der Waals surface area contributed by atoms with Crippen LogP contribution in [0.2, 0.25) is 0 Å². The lowest BCUT2D eigenvalue weighted by Crippen LogP contribution is -2.41. The van der Waals surface area contributed by atoms with E-state index in [-0.39, 0.29) is 23.3 Å². The summed E-state index contributed by atoms with van der Waals surface area (Å²) in [6, 6.07) is 10.2. The molecule has 0 fully saturated rings. The number of anilines is 1. The molecule has 0 spiro atoms. The lowest BCUT2D eigenvalue weighted by atomic mass is 9.79. The Labute approximate surface area is 164 Å². The maximum atomic E-state index is 13.7. The van der Waals surface area contributed by atoms with Crippen molar-refractivity contribution < 1.29 is 23.4 Å². The van der Waals surface area contributed by atoms with Gasteiger partial charge in [0, 0.05) is 16.5 Å². The van der Waals surface area contributed by atoms with Gasteiger partial charge in [0.25, 0.3) is 5.17 Å². The summed E-state index contributed by atoms with van der Waals surface area (Å²) < 4.78 is 32.2. The lowest BCUT2D eigenvalue weighted by molar-refractivity contribution is 0.0431. The van der Waals surface area contributed by atoms with Crippen LogP contribution < -0.4 is 5.32 Å². The maximum absolute atomic E-state index is 13.7. The highest BCUT2D eigenvalue weighted by Crippen LogP contribution is 2.38. The summed E-state index contributed by atoms with van der Waals surface area (Å²) in [4.78, 5) is 13.9. The molecule has 4 nitrogen and oxygen atoms in total. The number of fused-ring (bicyclic) bond motifs is 1. The molecule has 0 saturated carbocycles. The van der Waals surface area contributed by atoms with E-state index in [4.69, 9.17) is 17.0 Å². The van der Waals surface area contributed by atoms with Gasteiger partial charge in [-0.1, -0.05) is 18.2 Å². The Bertz CT molecular complexity index is 878. The van der Waals surface area contributed by atoms with Crippen LogP contribution in [0.1, 0.15) is 16.8 Å². The first-order chi connectivity index (χ1) is 12.9. The van der Waals surface area contributed by atoms with Crippen LogP contribution in [-0.2, 0) is 4.74 Å². The van der Waals surface area contributed by atoms with Gasteiger partial charge in [0.1, 0.15) is 18.2 Å². The number of benzene rings is 2. The summed E-state index contributed by atoms with van der Waals surface area (Å²) in [7, 11) is 0. The van der Waals surface area contributed by atoms with Crippen molar-refractivity contribution in [1.82, 2.24) is 0 Å². The van der Waals surface area contributed by atoms with Crippen molar-refractivity contribution >= 4 is 40.6 Å². The molecule has 0 radical (unpaired) electrons. The molecule has 0 bridgehead atoms. The van der Waals surface area contributed by atoms with Crippen molar-refractivity contribution in [2.45, 2.75) is 11.3 Å². The fourth-order valence-electron chi connectivity index (χ4n) is 2.81. The van der Waals surface area contributed by atoms with E-state index in [2.05, 4.69) is 5.32 Å². The third-order valence-corrected chi connectivity index (χ3v) is 5.70. The second-order valence-corrected chi connectivity index (χ2v) is 7.70. The van der Waals surface area contributed by atoms with E-state index < -0.39 is 23.7 Å². The minimum atomic E-state index is -1.13. The van der Waals surface area contributed by atoms with E-state index in [0.29, 0.717) is 17.7 Å². The highest BCUT2D eigenvalue weighted by atomic mass is 32.2. The predicted molar refractivity (Wildman–Crippen MR) is 104 cm³/mol. The van der Waals surface area contributed by atoms with E-state index in [0.717, 1.165) is 17.0 Å². The Hall–Kier alpha value is -2.03. The van der Waals surface area contributed by atoms with Crippen LogP contribution in [0.25, 0.3) is 0 Å². The van der Waals surface area contributed by atoms with Crippen LogP contribution in [0.4, 0.5) is 14.5 Å². The Morgan fingerprint density at radius 2 is 2.07 bits per heavy atom. The summed E-state index contributed by atoms with van der Waals surface area (Å²) in [5.41, 5.74) is -0.624. The SMILES string of the molecule is O=C1c2ccccc2SCCC1(CO)COC(=S)Nc1ccc(F)cc1F. The van der Waals surface area contributed by atoms with Gasteiger partial charge in [-0.25, -0.2) is 8.78 Å². The molecule has 142 valence electrons. The smallest absolute Gasteiger partial charge is 0.261 e. The molecule has 0 amide bonds. The van der Waals surface area contributed by atoms with Gasteiger partial charge in [-0.2, -0.15) is 0 Å². The van der Waals surface area contributed by atoms with Crippen LogP contribution in [0.5, 0.6) is 0 Å². The molecule has 2 N–H and O–H groups in total. The largest absolute Gasteiger partial charge is 0.470 e. The fourth-order valence-corrected chi connectivity index (χ4v) is 4.18.